The highest BCUT2D eigenvalue weighted by atomic mass is 32.2. The zero-order valence-electron chi connectivity index (χ0n) is 16.4. The number of amides is 1. The molecule has 158 valence electrons. The highest BCUT2D eigenvalue weighted by Crippen LogP contribution is 2.24. The minimum Gasteiger partial charge on any atom is -0.495 e. The van der Waals surface area contributed by atoms with Crippen LogP contribution in [0.15, 0.2) is 58.6 Å². The molecule has 30 heavy (non-hydrogen) atoms. The number of rotatable bonds is 9. The van der Waals surface area contributed by atoms with Crippen molar-refractivity contribution in [1.29, 1.82) is 0 Å². The lowest BCUT2D eigenvalue weighted by molar-refractivity contribution is 0.0956. The molecular weight excluding hydrogens is 426 g/mol. The van der Waals surface area contributed by atoms with Crippen LogP contribution in [0.5, 0.6) is 5.75 Å². The van der Waals surface area contributed by atoms with Gasteiger partial charge in [0.05, 0.1) is 7.11 Å². The normalized spacial score (nSPS) is 11.3. The molecule has 3 aromatic rings. The van der Waals surface area contributed by atoms with E-state index >= 15 is 0 Å². The lowest BCUT2D eigenvalue weighted by Gasteiger charge is -2.11. The third-order valence-electron chi connectivity index (χ3n) is 4.11. The van der Waals surface area contributed by atoms with Crippen molar-refractivity contribution < 1.29 is 17.9 Å². The smallest absolute Gasteiger partial charge is 0.251 e. The van der Waals surface area contributed by atoms with Gasteiger partial charge in [0.1, 0.15) is 10.6 Å². The van der Waals surface area contributed by atoms with Crippen LogP contribution in [-0.2, 0) is 10.0 Å². The van der Waals surface area contributed by atoms with E-state index in [2.05, 4.69) is 25.2 Å². The molecule has 1 amide bonds. The number of thioether (sulfide) groups is 1. The molecule has 0 spiro atoms. The second kappa shape index (κ2) is 9.74. The molecule has 3 rings (SSSR count). The van der Waals surface area contributed by atoms with E-state index in [4.69, 9.17) is 4.74 Å². The summed E-state index contributed by atoms with van der Waals surface area (Å²) in [5, 5.41) is 10.4. The first-order valence-corrected chi connectivity index (χ1v) is 11.4. The minimum absolute atomic E-state index is 0.0938. The van der Waals surface area contributed by atoms with Gasteiger partial charge in [-0.25, -0.2) is 18.1 Å². The number of ether oxygens (including phenoxy) is 1. The fraction of sp³-hybridized carbons (Fsp3) is 0.211. The number of H-pyrrole nitrogens is 1. The molecule has 0 unspecified atom stereocenters. The number of hydrogen-bond acceptors (Lipinski definition) is 7. The van der Waals surface area contributed by atoms with Crippen molar-refractivity contribution in [2.75, 3.05) is 26.5 Å². The molecule has 0 saturated carbocycles. The molecule has 0 aliphatic rings. The number of aromatic nitrogens is 3. The zero-order valence-corrected chi connectivity index (χ0v) is 18.0. The fourth-order valence-corrected chi connectivity index (χ4v) is 4.15. The standard InChI is InChI=1S/C19H21N5O4S2/c1-20-30(26,27)16-12-14(8-9-15(16)28-2)18(25)21-10-11-29-19-22-17(23-24-19)13-6-4-3-5-7-13/h3-9,12,20H,10-11H2,1-2H3,(H,21,25)(H,22,23,24). The number of sulfonamides is 1. The molecule has 1 aromatic heterocycles. The number of hydrogen-bond donors (Lipinski definition) is 3. The van der Waals surface area contributed by atoms with Crippen molar-refractivity contribution in [2.24, 2.45) is 0 Å². The molecule has 0 fully saturated rings. The Morgan fingerprint density at radius 2 is 1.97 bits per heavy atom. The van der Waals surface area contributed by atoms with Crippen LogP contribution in [0.3, 0.4) is 0 Å². The number of aromatic amines is 1. The highest BCUT2D eigenvalue weighted by molar-refractivity contribution is 7.99. The summed E-state index contributed by atoms with van der Waals surface area (Å²) in [7, 11) is -1.09. The summed E-state index contributed by atoms with van der Waals surface area (Å²) in [5.74, 6) is 1.01. The Bertz CT molecular complexity index is 1120. The van der Waals surface area contributed by atoms with Gasteiger partial charge >= 0.3 is 0 Å². The first-order chi connectivity index (χ1) is 14.4. The summed E-state index contributed by atoms with van der Waals surface area (Å²) in [6, 6.07) is 13.9. The van der Waals surface area contributed by atoms with E-state index in [0.29, 0.717) is 23.3 Å². The van der Waals surface area contributed by atoms with Gasteiger partial charge in [0.25, 0.3) is 5.91 Å². The van der Waals surface area contributed by atoms with Crippen molar-refractivity contribution in [3.05, 3.63) is 54.1 Å². The molecule has 0 radical (unpaired) electrons. The van der Waals surface area contributed by atoms with Gasteiger partial charge in [-0.2, -0.15) is 0 Å². The quantitative estimate of drug-likeness (QED) is 0.338. The molecule has 11 heteroatoms. The maximum atomic E-state index is 12.4. The van der Waals surface area contributed by atoms with Crippen LogP contribution in [0, 0.1) is 0 Å². The van der Waals surface area contributed by atoms with Gasteiger partial charge in [-0.3, -0.25) is 9.89 Å². The molecule has 2 aromatic carbocycles. The second-order valence-electron chi connectivity index (χ2n) is 6.01. The number of benzene rings is 2. The van der Waals surface area contributed by atoms with E-state index in [9.17, 15) is 13.2 Å². The summed E-state index contributed by atoms with van der Waals surface area (Å²) < 4.78 is 31.6. The fourth-order valence-electron chi connectivity index (χ4n) is 2.58. The largest absolute Gasteiger partial charge is 0.495 e. The summed E-state index contributed by atoms with van der Waals surface area (Å²) in [6.07, 6.45) is 0. The molecular formula is C19H21N5O4S2. The molecule has 3 N–H and O–H groups in total. The first kappa shape index (κ1) is 21.8. The monoisotopic (exact) mass is 447 g/mol. The number of carbonyl (C=O) groups excluding carboxylic acids is 1. The summed E-state index contributed by atoms with van der Waals surface area (Å²) in [6.45, 7) is 0.360. The molecule has 0 atom stereocenters. The molecule has 9 nitrogen and oxygen atoms in total. The van der Waals surface area contributed by atoms with E-state index in [1.807, 2.05) is 30.3 Å². The van der Waals surface area contributed by atoms with Crippen LogP contribution in [0.4, 0.5) is 0 Å². The van der Waals surface area contributed by atoms with Crippen molar-refractivity contribution in [3.63, 3.8) is 0 Å². The Morgan fingerprint density at radius 3 is 2.67 bits per heavy atom. The van der Waals surface area contributed by atoms with Crippen LogP contribution >= 0.6 is 11.8 Å². The first-order valence-electron chi connectivity index (χ1n) is 8.95. The van der Waals surface area contributed by atoms with Gasteiger partial charge in [0.15, 0.2) is 5.82 Å². The second-order valence-corrected chi connectivity index (χ2v) is 8.93. The predicted octanol–water partition coefficient (Wildman–Crippen LogP) is 1.91. The Kier molecular flexibility index (Phi) is 7.08. The average Bonchev–Trinajstić information content (AvgIpc) is 3.25. The highest BCUT2D eigenvalue weighted by Gasteiger charge is 2.20. The molecule has 0 aliphatic heterocycles. The molecule has 0 aliphatic carbocycles. The van der Waals surface area contributed by atoms with Crippen molar-refractivity contribution in [3.8, 4) is 17.1 Å². The topological polar surface area (TPSA) is 126 Å². The Hall–Kier alpha value is -2.89. The van der Waals surface area contributed by atoms with Gasteiger partial charge < -0.3 is 10.1 Å². The van der Waals surface area contributed by atoms with Crippen molar-refractivity contribution in [2.45, 2.75) is 10.1 Å². The summed E-state index contributed by atoms with van der Waals surface area (Å²) >= 11 is 1.40. The zero-order chi connectivity index (χ0) is 21.6. The average molecular weight is 448 g/mol. The van der Waals surface area contributed by atoms with E-state index in [1.165, 1.54) is 44.1 Å². The maximum Gasteiger partial charge on any atom is 0.251 e. The third-order valence-corrected chi connectivity index (χ3v) is 6.40. The third kappa shape index (κ3) is 5.17. The van der Waals surface area contributed by atoms with Crippen LogP contribution < -0.4 is 14.8 Å². The van der Waals surface area contributed by atoms with E-state index in [-0.39, 0.29) is 22.1 Å². The van der Waals surface area contributed by atoms with Crippen LogP contribution in [0.2, 0.25) is 0 Å². The molecule has 1 heterocycles. The van der Waals surface area contributed by atoms with Gasteiger partial charge in [0.2, 0.25) is 15.2 Å². The Balaban J connectivity index is 1.56. The summed E-state index contributed by atoms with van der Waals surface area (Å²) in [4.78, 5) is 16.7. The van der Waals surface area contributed by atoms with Gasteiger partial charge in [-0.15, -0.1) is 5.10 Å². The van der Waals surface area contributed by atoms with E-state index < -0.39 is 10.0 Å². The Morgan fingerprint density at radius 1 is 1.20 bits per heavy atom. The molecule has 0 bridgehead atoms. The van der Waals surface area contributed by atoms with Crippen molar-refractivity contribution >= 4 is 27.7 Å². The number of carbonyl (C=O) groups is 1. The number of methoxy groups -OCH3 is 1. The number of nitrogens with one attached hydrogen (secondary N) is 3. The van der Waals surface area contributed by atoms with Gasteiger partial charge in [-0.05, 0) is 25.2 Å². The van der Waals surface area contributed by atoms with Crippen molar-refractivity contribution in [1.82, 2.24) is 25.2 Å². The van der Waals surface area contributed by atoms with E-state index in [1.54, 1.807) is 0 Å². The molecule has 0 saturated heterocycles. The lowest BCUT2D eigenvalue weighted by Crippen LogP contribution is -2.26. The summed E-state index contributed by atoms with van der Waals surface area (Å²) in [5.41, 5.74) is 1.16. The van der Waals surface area contributed by atoms with E-state index in [0.717, 1.165) is 5.56 Å². The lowest BCUT2D eigenvalue weighted by atomic mass is 10.2. The maximum absolute atomic E-state index is 12.4. The predicted molar refractivity (Wildman–Crippen MR) is 114 cm³/mol. The van der Waals surface area contributed by atoms with Gasteiger partial charge in [0, 0.05) is 23.4 Å². The van der Waals surface area contributed by atoms with Crippen LogP contribution in [0.1, 0.15) is 10.4 Å². The van der Waals surface area contributed by atoms with Gasteiger partial charge in [-0.1, -0.05) is 42.1 Å². The van der Waals surface area contributed by atoms with Crippen LogP contribution in [-0.4, -0.2) is 56.0 Å². The minimum atomic E-state index is -3.76. The Labute approximate surface area is 178 Å². The number of nitrogens with zero attached hydrogens (tertiary/aromatic N) is 2. The van der Waals surface area contributed by atoms with Crippen LogP contribution in [0.25, 0.3) is 11.4 Å². The SMILES string of the molecule is CNS(=O)(=O)c1cc(C(=O)NCCSc2n[nH]c(-c3ccccc3)n2)ccc1OC.